The number of esters is 1. The average Bonchev–Trinajstić information content (AvgIpc) is 2.49. The van der Waals surface area contributed by atoms with Gasteiger partial charge in [-0.1, -0.05) is 31.4 Å². The maximum atomic E-state index is 12.2. The summed E-state index contributed by atoms with van der Waals surface area (Å²) in [6, 6.07) is 6.88. The molecule has 1 fully saturated rings. The summed E-state index contributed by atoms with van der Waals surface area (Å²) in [7, 11) is 1.34. The Hall–Kier alpha value is -1.68. The zero-order valence-corrected chi connectivity index (χ0v) is 12.4. The summed E-state index contributed by atoms with van der Waals surface area (Å²) in [5, 5.41) is 10.7. The van der Waals surface area contributed by atoms with Gasteiger partial charge >= 0.3 is 5.97 Å². The second-order valence-corrected chi connectivity index (χ2v) is 5.73. The van der Waals surface area contributed by atoms with Crippen LogP contribution in [0.4, 0.5) is 0 Å². The van der Waals surface area contributed by atoms with Gasteiger partial charge in [-0.05, 0) is 30.5 Å². The minimum atomic E-state index is -1.26. The van der Waals surface area contributed by atoms with Crippen molar-refractivity contribution in [3.05, 3.63) is 35.4 Å². The van der Waals surface area contributed by atoms with Crippen LogP contribution in [-0.2, 0) is 16.0 Å². The van der Waals surface area contributed by atoms with Crippen molar-refractivity contribution < 1.29 is 19.4 Å². The van der Waals surface area contributed by atoms with Crippen LogP contribution >= 0.6 is 0 Å². The first kappa shape index (κ1) is 15.7. The van der Waals surface area contributed by atoms with Crippen molar-refractivity contribution >= 4 is 11.8 Å². The Morgan fingerprint density at radius 1 is 1.19 bits per heavy atom. The summed E-state index contributed by atoms with van der Waals surface area (Å²) in [4.78, 5) is 23.6. The lowest BCUT2D eigenvalue weighted by molar-refractivity contribution is -0.138. The Morgan fingerprint density at radius 2 is 1.86 bits per heavy atom. The van der Waals surface area contributed by atoms with Gasteiger partial charge in [-0.3, -0.25) is 4.79 Å². The molecule has 0 amide bonds. The van der Waals surface area contributed by atoms with Crippen LogP contribution in [0.3, 0.4) is 0 Å². The molecule has 0 bridgehead atoms. The molecule has 0 heterocycles. The molecule has 0 spiro atoms. The van der Waals surface area contributed by atoms with Gasteiger partial charge in [-0.25, -0.2) is 4.79 Å². The predicted octanol–water partition coefficient (Wildman–Crippen LogP) is 2.67. The van der Waals surface area contributed by atoms with Crippen LogP contribution in [0, 0.1) is 0 Å². The molecule has 4 heteroatoms. The van der Waals surface area contributed by atoms with Gasteiger partial charge in [0.15, 0.2) is 5.78 Å². The second-order valence-electron chi connectivity index (χ2n) is 5.73. The van der Waals surface area contributed by atoms with Crippen LogP contribution in [0.1, 0.15) is 54.4 Å². The summed E-state index contributed by atoms with van der Waals surface area (Å²) in [5.41, 5.74) is 0.0732. The molecule has 2 rings (SSSR count). The molecule has 1 saturated carbocycles. The van der Waals surface area contributed by atoms with E-state index in [0.717, 1.165) is 31.2 Å². The molecule has 0 aliphatic heterocycles. The Labute approximate surface area is 125 Å². The van der Waals surface area contributed by atoms with E-state index in [1.165, 1.54) is 7.11 Å². The van der Waals surface area contributed by atoms with Gasteiger partial charge < -0.3 is 9.84 Å². The van der Waals surface area contributed by atoms with Crippen LogP contribution in [0.5, 0.6) is 0 Å². The van der Waals surface area contributed by atoms with Crippen LogP contribution in [0.25, 0.3) is 0 Å². The number of hydrogen-bond donors (Lipinski definition) is 1. The van der Waals surface area contributed by atoms with Crippen LogP contribution < -0.4 is 0 Å². The fourth-order valence-corrected chi connectivity index (χ4v) is 2.83. The fourth-order valence-electron chi connectivity index (χ4n) is 2.83. The van der Waals surface area contributed by atoms with Gasteiger partial charge in [0.1, 0.15) is 5.60 Å². The molecule has 0 radical (unpaired) electrons. The smallest absolute Gasteiger partial charge is 0.337 e. The highest BCUT2D eigenvalue weighted by molar-refractivity contribution is 5.89. The third-order valence-corrected chi connectivity index (χ3v) is 4.13. The van der Waals surface area contributed by atoms with E-state index in [4.69, 9.17) is 0 Å². The number of hydrogen-bond acceptors (Lipinski definition) is 4. The first-order chi connectivity index (χ1) is 10.0. The maximum absolute atomic E-state index is 12.2. The van der Waals surface area contributed by atoms with Gasteiger partial charge in [0.05, 0.1) is 12.7 Å². The first-order valence-corrected chi connectivity index (χ1v) is 7.48. The molecular formula is C17H22O4. The fraction of sp³-hybridized carbons (Fsp3) is 0.529. The molecule has 1 atom stereocenters. The normalized spacial score (nSPS) is 23.2. The Bertz CT molecular complexity index is 506. The molecule has 1 aromatic rings. The minimum absolute atomic E-state index is 0.0563. The SMILES string of the molecule is COC(=O)c1ccc(CC2(O)CCCCCCC2=O)cc1. The molecule has 4 nitrogen and oxygen atoms in total. The third kappa shape index (κ3) is 3.91. The molecule has 0 saturated heterocycles. The van der Waals surface area contributed by atoms with Gasteiger partial charge in [-0.2, -0.15) is 0 Å². The Morgan fingerprint density at radius 3 is 2.52 bits per heavy atom. The van der Waals surface area contributed by atoms with E-state index < -0.39 is 5.60 Å². The number of rotatable bonds is 3. The molecule has 1 aromatic carbocycles. The maximum Gasteiger partial charge on any atom is 0.337 e. The van der Waals surface area contributed by atoms with Crippen LogP contribution in [0.2, 0.25) is 0 Å². The van der Waals surface area contributed by atoms with Crippen LogP contribution in [-0.4, -0.2) is 29.6 Å². The number of aliphatic hydroxyl groups is 1. The quantitative estimate of drug-likeness (QED) is 0.869. The molecule has 0 aromatic heterocycles. The predicted molar refractivity (Wildman–Crippen MR) is 79.1 cm³/mol. The van der Waals surface area contributed by atoms with Gasteiger partial charge in [0.2, 0.25) is 0 Å². The highest BCUT2D eigenvalue weighted by atomic mass is 16.5. The number of benzene rings is 1. The van der Waals surface area contributed by atoms with Gasteiger partial charge in [0.25, 0.3) is 0 Å². The largest absolute Gasteiger partial charge is 0.465 e. The van der Waals surface area contributed by atoms with E-state index in [-0.39, 0.29) is 11.8 Å². The van der Waals surface area contributed by atoms with Gasteiger partial charge in [0, 0.05) is 12.8 Å². The van der Waals surface area contributed by atoms with Crippen molar-refractivity contribution in [2.24, 2.45) is 0 Å². The topological polar surface area (TPSA) is 63.6 Å². The van der Waals surface area contributed by atoms with Crippen molar-refractivity contribution in [3.63, 3.8) is 0 Å². The van der Waals surface area contributed by atoms with Gasteiger partial charge in [-0.15, -0.1) is 0 Å². The molecule has 1 aliphatic carbocycles. The van der Waals surface area contributed by atoms with Crippen molar-refractivity contribution in [2.75, 3.05) is 7.11 Å². The molecule has 1 unspecified atom stereocenters. The van der Waals surface area contributed by atoms with Crippen molar-refractivity contribution in [3.8, 4) is 0 Å². The summed E-state index contributed by atoms with van der Waals surface area (Å²) >= 11 is 0. The lowest BCUT2D eigenvalue weighted by atomic mass is 9.81. The number of methoxy groups -OCH3 is 1. The summed E-state index contributed by atoms with van der Waals surface area (Å²) in [6.07, 6.45) is 5.16. The molecular weight excluding hydrogens is 268 g/mol. The van der Waals surface area contributed by atoms with E-state index in [9.17, 15) is 14.7 Å². The van der Waals surface area contributed by atoms with Crippen LogP contribution in [0.15, 0.2) is 24.3 Å². The highest BCUT2D eigenvalue weighted by Crippen LogP contribution is 2.27. The lowest BCUT2D eigenvalue weighted by Gasteiger charge is -2.28. The van der Waals surface area contributed by atoms with E-state index >= 15 is 0 Å². The third-order valence-electron chi connectivity index (χ3n) is 4.13. The second kappa shape index (κ2) is 6.85. The van der Waals surface area contributed by atoms with E-state index in [0.29, 0.717) is 24.8 Å². The number of carbonyl (C=O) groups is 2. The molecule has 1 aliphatic rings. The zero-order chi connectivity index (χ0) is 15.3. The minimum Gasteiger partial charge on any atom is -0.465 e. The summed E-state index contributed by atoms with van der Waals surface area (Å²) in [6.45, 7) is 0. The van der Waals surface area contributed by atoms with Crippen molar-refractivity contribution in [2.45, 2.75) is 50.5 Å². The van der Waals surface area contributed by atoms with E-state index in [1.807, 2.05) is 0 Å². The van der Waals surface area contributed by atoms with Crippen molar-refractivity contribution in [1.82, 2.24) is 0 Å². The molecule has 114 valence electrons. The lowest BCUT2D eigenvalue weighted by Crippen LogP contribution is -2.41. The van der Waals surface area contributed by atoms with E-state index in [1.54, 1.807) is 24.3 Å². The average molecular weight is 290 g/mol. The molecule has 21 heavy (non-hydrogen) atoms. The highest BCUT2D eigenvalue weighted by Gasteiger charge is 2.35. The molecule has 1 N–H and O–H groups in total. The monoisotopic (exact) mass is 290 g/mol. The number of Topliss-reactive ketones (excluding diaryl/α,β-unsaturated/α-hetero) is 1. The Kier molecular flexibility index (Phi) is 5.12. The zero-order valence-electron chi connectivity index (χ0n) is 12.4. The number of ether oxygens (including phenoxy) is 1. The first-order valence-electron chi connectivity index (χ1n) is 7.48. The number of carbonyl (C=O) groups excluding carboxylic acids is 2. The Balaban J connectivity index is 2.11. The van der Waals surface area contributed by atoms with Crippen molar-refractivity contribution in [1.29, 1.82) is 0 Å². The summed E-state index contributed by atoms with van der Waals surface area (Å²) < 4.78 is 4.65. The number of ketones is 1. The summed E-state index contributed by atoms with van der Waals surface area (Å²) in [5.74, 6) is -0.443. The standard InChI is InChI=1S/C17H22O4/c1-21-16(19)14-9-7-13(8-10-14)12-17(20)11-5-3-2-4-6-15(17)18/h7-10,20H,2-6,11-12H2,1H3. The van der Waals surface area contributed by atoms with E-state index in [2.05, 4.69) is 4.74 Å².